The summed E-state index contributed by atoms with van der Waals surface area (Å²) < 4.78 is 5.64. The van der Waals surface area contributed by atoms with Gasteiger partial charge in [0.1, 0.15) is 5.76 Å². The van der Waals surface area contributed by atoms with Crippen molar-refractivity contribution in [1.29, 1.82) is 0 Å². The first-order chi connectivity index (χ1) is 8.62. The van der Waals surface area contributed by atoms with Gasteiger partial charge in [0.25, 0.3) is 0 Å². The maximum Gasteiger partial charge on any atom is 0.120 e. The van der Waals surface area contributed by atoms with Gasteiger partial charge in [0.15, 0.2) is 0 Å². The van der Waals surface area contributed by atoms with E-state index in [1.165, 1.54) is 32.1 Å². The van der Waals surface area contributed by atoms with E-state index >= 15 is 0 Å². The quantitative estimate of drug-likeness (QED) is 0.829. The monoisotopic (exact) mass is 249 g/mol. The minimum absolute atomic E-state index is 0.413. The van der Waals surface area contributed by atoms with Crippen LogP contribution in [0.15, 0.2) is 22.8 Å². The summed E-state index contributed by atoms with van der Waals surface area (Å²) in [6, 6.07) is 4.53. The number of rotatable bonds is 5. The molecule has 0 saturated heterocycles. The van der Waals surface area contributed by atoms with Gasteiger partial charge in [-0.2, -0.15) is 0 Å². The van der Waals surface area contributed by atoms with Crippen LogP contribution in [0.1, 0.15) is 64.7 Å². The lowest BCUT2D eigenvalue weighted by atomic mass is 9.71. The molecule has 1 N–H and O–H groups in total. The standard InChI is InChI=1S/C16H27NO/c1-4-11-17-15(14-6-5-12-18-14)13-7-9-16(2,3)10-8-13/h5-6,12-13,15,17H,4,7-11H2,1-3H3. The van der Waals surface area contributed by atoms with Crippen LogP contribution in [-0.4, -0.2) is 6.54 Å². The maximum absolute atomic E-state index is 5.64. The first-order valence-corrected chi connectivity index (χ1v) is 7.39. The lowest BCUT2D eigenvalue weighted by molar-refractivity contribution is 0.152. The molecule has 1 atom stereocenters. The number of hydrogen-bond donors (Lipinski definition) is 1. The Morgan fingerprint density at radius 1 is 1.39 bits per heavy atom. The molecule has 0 aromatic carbocycles. The molecule has 1 fully saturated rings. The van der Waals surface area contributed by atoms with Crippen LogP contribution >= 0.6 is 0 Å². The van der Waals surface area contributed by atoms with Crippen LogP contribution in [0, 0.1) is 11.3 Å². The Morgan fingerprint density at radius 3 is 2.67 bits per heavy atom. The predicted molar refractivity (Wildman–Crippen MR) is 75.5 cm³/mol. The highest BCUT2D eigenvalue weighted by molar-refractivity contribution is 5.06. The Balaban J connectivity index is 2.01. The average Bonchev–Trinajstić information content (AvgIpc) is 2.85. The van der Waals surface area contributed by atoms with Crippen LogP contribution < -0.4 is 5.32 Å². The molecule has 2 nitrogen and oxygen atoms in total. The zero-order chi connectivity index (χ0) is 13.0. The molecule has 1 aromatic heterocycles. The van der Waals surface area contributed by atoms with Crippen LogP contribution in [0.3, 0.4) is 0 Å². The maximum atomic E-state index is 5.64. The van der Waals surface area contributed by atoms with E-state index in [4.69, 9.17) is 4.42 Å². The van der Waals surface area contributed by atoms with Gasteiger partial charge >= 0.3 is 0 Å². The second-order valence-corrected chi connectivity index (χ2v) is 6.45. The minimum atomic E-state index is 0.413. The molecule has 1 heterocycles. The summed E-state index contributed by atoms with van der Waals surface area (Å²) in [5.41, 5.74) is 0.537. The van der Waals surface area contributed by atoms with Crippen molar-refractivity contribution in [2.24, 2.45) is 11.3 Å². The smallest absolute Gasteiger partial charge is 0.120 e. The number of furan rings is 1. The summed E-state index contributed by atoms with van der Waals surface area (Å²) in [6.45, 7) is 8.08. The van der Waals surface area contributed by atoms with E-state index < -0.39 is 0 Å². The van der Waals surface area contributed by atoms with Crippen molar-refractivity contribution < 1.29 is 4.42 Å². The first-order valence-electron chi connectivity index (χ1n) is 7.39. The Morgan fingerprint density at radius 2 is 2.11 bits per heavy atom. The van der Waals surface area contributed by atoms with Crippen LogP contribution in [0.4, 0.5) is 0 Å². The molecule has 0 aliphatic heterocycles. The highest BCUT2D eigenvalue weighted by atomic mass is 16.3. The molecule has 2 rings (SSSR count). The predicted octanol–water partition coefficient (Wildman–Crippen LogP) is 4.54. The van der Waals surface area contributed by atoms with Gasteiger partial charge < -0.3 is 9.73 Å². The van der Waals surface area contributed by atoms with Crippen molar-refractivity contribution in [1.82, 2.24) is 5.32 Å². The lowest BCUT2D eigenvalue weighted by Crippen LogP contribution is -2.33. The second-order valence-electron chi connectivity index (χ2n) is 6.45. The zero-order valence-electron chi connectivity index (χ0n) is 12.0. The molecule has 1 saturated carbocycles. The fourth-order valence-corrected chi connectivity index (χ4v) is 3.02. The molecule has 1 aliphatic rings. The topological polar surface area (TPSA) is 25.2 Å². The van der Waals surface area contributed by atoms with Gasteiger partial charge in [-0.05, 0) is 62.1 Å². The Bertz CT molecular complexity index is 332. The van der Waals surface area contributed by atoms with Crippen molar-refractivity contribution in [2.75, 3.05) is 6.54 Å². The molecule has 0 spiro atoms. The van der Waals surface area contributed by atoms with Crippen molar-refractivity contribution in [3.8, 4) is 0 Å². The summed E-state index contributed by atoms with van der Waals surface area (Å²) in [5, 5.41) is 3.68. The Labute approximate surface area is 111 Å². The van der Waals surface area contributed by atoms with E-state index in [1.807, 2.05) is 6.07 Å². The largest absolute Gasteiger partial charge is 0.468 e. The van der Waals surface area contributed by atoms with Gasteiger partial charge in [0.2, 0.25) is 0 Å². The molecule has 1 aromatic rings. The van der Waals surface area contributed by atoms with Gasteiger partial charge in [-0.25, -0.2) is 0 Å². The highest BCUT2D eigenvalue weighted by Crippen LogP contribution is 2.42. The van der Waals surface area contributed by atoms with Crippen LogP contribution in [0.25, 0.3) is 0 Å². The fraction of sp³-hybridized carbons (Fsp3) is 0.750. The normalized spacial score (nSPS) is 21.9. The molecule has 0 amide bonds. The summed E-state index contributed by atoms with van der Waals surface area (Å²) in [7, 11) is 0. The molecule has 1 unspecified atom stereocenters. The van der Waals surface area contributed by atoms with E-state index in [1.54, 1.807) is 6.26 Å². The van der Waals surface area contributed by atoms with Crippen LogP contribution in [0.5, 0.6) is 0 Å². The van der Waals surface area contributed by atoms with Gasteiger partial charge in [-0.3, -0.25) is 0 Å². The van der Waals surface area contributed by atoms with E-state index in [0.717, 1.165) is 18.2 Å². The third-order valence-electron chi connectivity index (χ3n) is 4.32. The molecule has 0 radical (unpaired) electrons. The summed E-state index contributed by atoms with van der Waals surface area (Å²) >= 11 is 0. The Hall–Kier alpha value is -0.760. The van der Waals surface area contributed by atoms with Gasteiger partial charge in [0.05, 0.1) is 12.3 Å². The molecule has 18 heavy (non-hydrogen) atoms. The average molecular weight is 249 g/mol. The molecular formula is C16H27NO. The van der Waals surface area contributed by atoms with Gasteiger partial charge in [-0.1, -0.05) is 20.8 Å². The molecule has 0 bridgehead atoms. The summed E-state index contributed by atoms with van der Waals surface area (Å²) in [5.74, 6) is 1.85. The number of nitrogens with one attached hydrogen (secondary N) is 1. The lowest BCUT2D eigenvalue weighted by Gasteiger charge is -2.37. The zero-order valence-corrected chi connectivity index (χ0v) is 12.0. The minimum Gasteiger partial charge on any atom is -0.468 e. The molecular weight excluding hydrogens is 222 g/mol. The van der Waals surface area contributed by atoms with Crippen molar-refractivity contribution in [3.05, 3.63) is 24.2 Å². The van der Waals surface area contributed by atoms with Gasteiger partial charge in [0, 0.05) is 0 Å². The fourth-order valence-electron chi connectivity index (χ4n) is 3.02. The molecule has 2 heteroatoms. The number of hydrogen-bond acceptors (Lipinski definition) is 2. The van der Waals surface area contributed by atoms with E-state index in [0.29, 0.717) is 11.5 Å². The second kappa shape index (κ2) is 5.92. The molecule has 102 valence electrons. The van der Waals surface area contributed by atoms with Crippen molar-refractivity contribution in [3.63, 3.8) is 0 Å². The van der Waals surface area contributed by atoms with Crippen molar-refractivity contribution in [2.45, 2.75) is 58.9 Å². The van der Waals surface area contributed by atoms with Crippen LogP contribution in [0.2, 0.25) is 0 Å². The Kier molecular flexibility index (Phi) is 4.50. The van der Waals surface area contributed by atoms with E-state index in [9.17, 15) is 0 Å². The SMILES string of the molecule is CCCNC(c1ccco1)C1CCC(C)(C)CC1. The first kappa shape index (κ1) is 13.7. The van der Waals surface area contributed by atoms with Crippen LogP contribution in [-0.2, 0) is 0 Å². The van der Waals surface area contributed by atoms with Gasteiger partial charge in [-0.15, -0.1) is 0 Å². The third kappa shape index (κ3) is 3.38. The van der Waals surface area contributed by atoms with E-state index in [-0.39, 0.29) is 0 Å². The highest BCUT2D eigenvalue weighted by Gasteiger charge is 2.32. The molecule has 1 aliphatic carbocycles. The van der Waals surface area contributed by atoms with Crippen molar-refractivity contribution >= 4 is 0 Å². The third-order valence-corrected chi connectivity index (χ3v) is 4.32. The summed E-state index contributed by atoms with van der Waals surface area (Å²) in [6.07, 6.45) is 8.27. The van der Waals surface area contributed by atoms with E-state index in [2.05, 4.69) is 32.2 Å². The summed E-state index contributed by atoms with van der Waals surface area (Å²) in [4.78, 5) is 0.